The van der Waals surface area contributed by atoms with Gasteiger partial charge in [0, 0.05) is 5.88 Å². The third-order valence-corrected chi connectivity index (χ3v) is 15.9. The zero-order valence-corrected chi connectivity index (χ0v) is 68.8. The molecule has 850 valence electrons. The first-order valence-electron chi connectivity index (χ1n) is 34.9. The van der Waals surface area contributed by atoms with Crippen LogP contribution in [0.3, 0.4) is 0 Å². The predicted molar refractivity (Wildman–Crippen MR) is 341 cm³/mol. The molecule has 5 aromatic carbocycles. The third-order valence-electron chi connectivity index (χ3n) is 15.6. The molecule has 0 heterocycles. The van der Waals surface area contributed by atoms with Gasteiger partial charge in [0.1, 0.15) is 13.2 Å². The van der Waals surface area contributed by atoms with Gasteiger partial charge in [-0.3, -0.25) is 28.4 Å². The number of esters is 2. The second-order valence-corrected chi connectivity index (χ2v) is 26.8. The highest BCUT2D eigenvalue weighted by molar-refractivity contribution is 6.17. The van der Waals surface area contributed by atoms with Crippen molar-refractivity contribution in [3.63, 3.8) is 0 Å². The second-order valence-electron chi connectivity index (χ2n) is 26.5. The van der Waals surface area contributed by atoms with Crippen LogP contribution in [0.2, 0.25) is 0 Å². The van der Waals surface area contributed by atoms with Gasteiger partial charge in [-0.15, -0.1) is 11.6 Å². The smallest absolute Gasteiger partial charge is 0.462 e. The summed E-state index contributed by atoms with van der Waals surface area (Å²) in [5.74, 6) is -65.8. The van der Waals surface area contributed by atoms with E-state index in [4.69, 9.17) is 31.3 Å². The molecule has 6 atom stereocenters. The molecule has 0 fully saturated rings. The van der Waals surface area contributed by atoms with Crippen molar-refractivity contribution in [2.24, 2.45) is 0 Å². The topological polar surface area (TPSA) is 222 Å². The number of alkyl halides is 61. The summed E-state index contributed by atoms with van der Waals surface area (Å²) < 4.78 is 853. The van der Waals surface area contributed by atoms with E-state index in [1.165, 1.54) is 19.2 Å². The van der Waals surface area contributed by atoms with E-state index in [0.717, 1.165) is 6.07 Å². The number of aromatic hydroxyl groups is 2. The van der Waals surface area contributed by atoms with Gasteiger partial charge in [0.25, 0.3) is 0 Å². The van der Waals surface area contributed by atoms with Crippen molar-refractivity contribution in [3.05, 3.63) is 119 Å². The highest BCUT2D eigenvalue weighted by Crippen LogP contribution is 2.58. The van der Waals surface area contributed by atoms with Crippen LogP contribution < -0.4 is 37.9 Å². The minimum atomic E-state index is -7.65. The summed E-state index contributed by atoms with van der Waals surface area (Å²) in [7, 11) is 1.83. The molecular weight excluding hydrogens is 2300 g/mol. The fourth-order valence-electron chi connectivity index (χ4n) is 8.27. The average Bonchev–Trinajstić information content (AvgIpc) is 0.680. The van der Waals surface area contributed by atoms with Crippen molar-refractivity contribution < 1.29 is 359 Å². The molecule has 0 radical (unpaired) electrons. The van der Waals surface area contributed by atoms with E-state index in [0.29, 0.717) is 31.4 Å². The van der Waals surface area contributed by atoms with Crippen LogP contribution in [0.25, 0.3) is 0 Å². The lowest BCUT2D eigenvalue weighted by Crippen LogP contribution is -2.56. The predicted octanol–water partition coefficient (Wildman–Crippen LogP) is 26.4. The van der Waals surface area contributed by atoms with Crippen LogP contribution in [0.5, 0.6) is 57.5 Å². The largest absolute Gasteiger partial charge is 0.504 e. The summed E-state index contributed by atoms with van der Waals surface area (Å²) in [5.41, 5.74) is -3.68. The fourth-order valence-corrected chi connectivity index (χ4v) is 8.44. The van der Waals surface area contributed by atoms with E-state index >= 15 is 0 Å². The first-order valence-corrected chi connectivity index (χ1v) is 35.5. The van der Waals surface area contributed by atoms with Gasteiger partial charge in [-0.1, -0.05) is 18.2 Å². The molecule has 5 aromatic rings. The van der Waals surface area contributed by atoms with Gasteiger partial charge in [-0.2, -0.15) is 237 Å². The lowest BCUT2D eigenvalue weighted by atomic mass is 10.2. The Bertz CT molecular complexity index is 5260. The van der Waals surface area contributed by atoms with Crippen molar-refractivity contribution in [3.8, 4) is 57.5 Å². The zero-order valence-electron chi connectivity index (χ0n) is 68.0. The minimum Gasteiger partial charge on any atom is -0.504 e. The lowest BCUT2D eigenvalue weighted by Gasteiger charge is -2.31. The van der Waals surface area contributed by atoms with E-state index in [-0.39, 0.29) is 41.3 Å². The third kappa shape index (κ3) is 30.4. The van der Waals surface area contributed by atoms with Crippen LogP contribution in [-0.2, 0) is 57.0 Å². The molecule has 20 nitrogen and oxygen atoms in total. The van der Waals surface area contributed by atoms with Crippen LogP contribution in [0.15, 0.2) is 91.0 Å². The van der Waals surface area contributed by atoms with Gasteiger partial charge in [0.05, 0.1) is 25.3 Å². The van der Waals surface area contributed by atoms with E-state index in [2.05, 4.69) is 66.3 Å². The maximum Gasteiger partial charge on any atom is 0.462 e. The van der Waals surface area contributed by atoms with Crippen molar-refractivity contribution >= 4 is 23.5 Å². The Morgan fingerprint density at radius 2 is 0.432 bits per heavy atom. The summed E-state index contributed by atoms with van der Waals surface area (Å²) in [4.78, 5) is 23.2. The van der Waals surface area contributed by atoms with Crippen LogP contribution >= 0.6 is 11.6 Å². The molecule has 148 heavy (non-hydrogen) atoms. The maximum atomic E-state index is 14.9. The standard InChI is InChI=1S/C42H20F40O12.C17H7ClF20O4.C8H8O4/c1-84-22(83)15-4-7-16(85-11-13-2-5-17(87-27(47,48)23(43)91-39(75,76)31(55,56)35(63,64)65)20(8-13)89-29(51,52)25(45)93-41(79,80)33(59,60)37(69,70)71)19(10-15)86-12-14-3-6-18(88-28(49,50)24(44)92-40(77,78)32(57,58)36(66,67)68)21(9-14)90-30(53,54)26(46)94-42(81,82)34(61,62)38(72,73)74;18-4-5-1-2-6(39-10(21,22)8(19)41-16(35,36)12(25,26)14(29,30)31)7(3-5)40-11(23,24)9(20)42-17(37,38)13(27,28)15(32,33)34;1-12-8(11)5-2-3-6(9)7(10)4-5/h2-10,23-26H,11-12H2,1H3;1-3,8-9H,4H2;2-4,9-10H,1H3. The van der Waals surface area contributed by atoms with Gasteiger partial charge in [0.2, 0.25) is 0 Å². The highest BCUT2D eigenvalue weighted by atomic mass is 35.5. The minimum absolute atomic E-state index is 0.00411. The molecule has 0 aromatic heterocycles. The monoisotopic (exact) mass is 2330 g/mol. The Morgan fingerprint density at radius 3 is 0.642 bits per heavy atom. The van der Waals surface area contributed by atoms with Crippen molar-refractivity contribution in [1.29, 1.82) is 0 Å². The lowest BCUT2D eigenvalue weighted by molar-refractivity contribution is -0.461. The summed E-state index contributed by atoms with van der Waals surface area (Å²) in [5, 5.41) is 17.9. The number of phenols is 2. The van der Waals surface area contributed by atoms with Gasteiger partial charge in [0.15, 0.2) is 57.5 Å². The fraction of sp³-hybridized carbons (Fsp3) is 0.522. The second kappa shape index (κ2) is 44.4. The SMILES string of the molecule is COC(=O)c1ccc(O)c(O)c1.COC(=O)c1ccc(OCc2ccc(OC(F)(F)C(F)OC(F)(F)C(F)(F)C(F)(F)F)c(OC(F)(F)C(F)OC(F)(F)C(F)(F)C(F)(F)F)c2)c(OCc2ccc(OC(F)(F)C(F)OC(F)(F)C(F)(F)C(F)(F)F)c(OC(F)(F)C(F)OC(F)(F)C(F)(F)C(F)(F)F)c2)c1.FC(OC(F)(F)C(F)(F)C(F)(F)F)C(F)(F)Oc1ccc(CCl)cc1OC(F)(F)C(F)OC(F)(F)C(F)(F)C(F)(F)F. The molecule has 81 heteroatoms. The van der Waals surface area contributed by atoms with Crippen LogP contribution in [0.1, 0.15) is 37.4 Å². The average molecular weight is 2340 g/mol. The van der Waals surface area contributed by atoms with Crippen molar-refractivity contribution in [2.45, 2.75) is 203 Å². The number of benzene rings is 5. The number of methoxy groups -OCH3 is 2. The molecule has 0 amide bonds. The molecule has 6 unspecified atom stereocenters. The number of hydrogen-bond acceptors (Lipinski definition) is 20. The van der Waals surface area contributed by atoms with Crippen molar-refractivity contribution in [1.82, 2.24) is 0 Å². The normalized spacial score (nSPS) is 15.5. The van der Waals surface area contributed by atoms with E-state index < -0.39 is 308 Å². The molecule has 0 saturated heterocycles. The van der Waals surface area contributed by atoms with E-state index in [1.54, 1.807) is 0 Å². The van der Waals surface area contributed by atoms with Crippen LogP contribution in [0, 0.1) is 0 Å². The van der Waals surface area contributed by atoms with Gasteiger partial charge < -0.3 is 57.6 Å². The molecule has 0 aliphatic carbocycles. The van der Waals surface area contributed by atoms with E-state index in [1.807, 2.05) is 0 Å². The number of halogens is 61. The van der Waals surface area contributed by atoms with Crippen LogP contribution in [0.4, 0.5) is 263 Å². The molecule has 0 spiro atoms. The number of carbonyl (C=O) groups excluding carboxylic acids is 2. The van der Waals surface area contributed by atoms with Gasteiger partial charge in [-0.05, 0) is 89.5 Å². The first kappa shape index (κ1) is 131. The highest BCUT2D eigenvalue weighted by Gasteiger charge is 2.82. The first-order chi connectivity index (χ1) is 65.6. The molecule has 0 bridgehead atoms. The number of ether oxygens (including phenoxy) is 16. The number of hydrogen-bond donors (Lipinski definition) is 2. The van der Waals surface area contributed by atoms with Gasteiger partial charge >= 0.3 is 196 Å². The Morgan fingerprint density at radius 1 is 0.243 bits per heavy atom. The van der Waals surface area contributed by atoms with E-state index in [9.17, 15) is 273 Å². The number of phenolic OH excluding ortho intramolecular Hbond substituents is 2. The summed E-state index contributed by atoms with van der Waals surface area (Å²) in [6, 6.07) is 3.47. The maximum absolute atomic E-state index is 14.9. The summed E-state index contributed by atoms with van der Waals surface area (Å²) >= 11 is 5.25. The Kier molecular flexibility index (Phi) is 39.3. The number of rotatable bonds is 45. The molecular formula is C67H35ClF60O20. The van der Waals surface area contributed by atoms with Crippen LogP contribution in [-0.4, -0.2) is 220 Å². The molecule has 0 aliphatic rings. The van der Waals surface area contributed by atoms with Gasteiger partial charge in [-0.25, -0.2) is 35.9 Å². The Labute approximate surface area is 775 Å². The summed E-state index contributed by atoms with van der Waals surface area (Å²) in [6.07, 6.45) is -161. The molecule has 2 N–H and O–H groups in total. The number of carbonyl (C=O) groups is 2. The molecule has 0 aliphatic heterocycles. The molecule has 5 rings (SSSR count). The zero-order chi connectivity index (χ0) is 116. The Hall–Kier alpha value is -11.1. The quantitative estimate of drug-likeness (QED) is 0.0160. The van der Waals surface area contributed by atoms with Crippen molar-refractivity contribution in [2.75, 3.05) is 14.2 Å². The molecule has 0 saturated carbocycles. The Balaban J connectivity index is 0.000000848. The summed E-state index contributed by atoms with van der Waals surface area (Å²) in [6.45, 7) is -3.34.